The van der Waals surface area contributed by atoms with Crippen molar-refractivity contribution in [2.45, 2.75) is 37.8 Å². The van der Waals surface area contributed by atoms with Gasteiger partial charge >= 0.3 is 6.18 Å². The van der Waals surface area contributed by atoms with E-state index in [1.165, 1.54) is 12.3 Å². The molecule has 7 nitrogen and oxygen atoms in total. The first kappa shape index (κ1) is 22.5. The maximum Gasteiger partial charge on any atom is 0.416 e. The van der Waals surface area contributed by atoms with Gasteiger partial charge in [-0.1, -0.05) is 0 Å². The van der Waals surface area contributed by atoms with Crippen LogP contribution in [-0.4, -0.2) is 27.5 Å². The lowest BCUT2D eigenvalue weighted by atomic mass is 9.92. The van der Waals surface area contributed by atoms with Crippen LogP contribution >= 0.6 is 0 Å². The second-order valence-corrected chi connectivity index (χ2v) is 6.88. The van der Waals surface area contributed by atoms with E-state index in [0.717, 1.165) is 18.2 Å². The normalized spacial score (nSPS) is 18.2. The van der Waals surface area contributed by atoms with Gasteiger partial charge in [0, 0.05) is 36.7 Å². The SMILES string of the molecule is N.Oc1cc(-c2ccc(O[C@H]3C[C@@H](OCc4cc(F)ccc4C(F)(F)F)C3)nc2)on1. The largest absolute Gasteiger partial charge is 0.491 e. The topological polar surface area (TPSA) is 113 Å². The lowest BCUT2D eigenvalue weighted by molar-refractivity contribution is -0.140. The second-order valence-electron chi connectivity index (χ2n) is 6.88. The lowest BCUT2D eigenvalue weighted by Gasteiger charge is -2.35. The zero-order chi connectivity index (χ0) is 21.3. The Morgan fingerprint density at radius 1 is 1.10 bits per heavy atom. The molecule has 31 heavy (non-hydrogen) atoms. The van der Waals surface area contributed by atoms with Crippen LogP contribution in [0.3, 0.4) is 0 Å². The molecule has 0 spiro atoms. The van der Waals surface area contributed by atoms with Crippen LogP contribution in [0.4, 0.5) is 17.6 Å². The van der Waals surface area contributed by atoms with E-state index in [1.807, 2.05) is 0 Å². The minimum Gasteiger partial charge on any atom is -0.491 e. The molecule has 0 saturated heterocycles. The molecule has 1 fully saturated rings. The molecule has 0 bridgehead atoms. The van der Waals surface area contributed by atoms with E-state index in [2.05, 4.69) is 10.1 Å². The van der Waals surface area contributed by atoms with Crippen molar-refractivity contribution in [2.24, 2.45) is 0 Å². The molecular weight excluding hydrogens is 422 g/mol. The average molecular weight is 441 g/mol. The Morgan fingerprint density at radius 2 is 1.87 bits per heavy atom. The second kappa shape index (κ2) is 8.90. The van der Waals surface area contributed by atoms with Crippen molar-refractivity contribution in [1.29, 1.82) is 0 Å². The predicted molar refractivity (Wildman–Crippen MR) is 100 cm³/mol. The van der Waals surface area contributed by atoms with Crippen molar-refractivity contribution >= 4 is 0 Å². The highest BCUT2D eigenvalue weighted by Crippen LogP contribution is 2.34. The van der Waals surface area contributed by atoms with Crippen molar-refractivity contribution < 1.29 is 36.7 Å². The Bertz CT molecular complexity index is 1020. The monoisotopic (exact) mass is 441 g/mol. The molecule has 3 aromatic rings. The summed E-state index contributed by atoms with van der Waals surface area (Å²) in [6.45, 7) is -0.332. The molecule has 2 heterocycles. The van der Waals surface area contributed by atoms with Gasteiger partial charge in [0.15, 0.2) is 5.76 Å². The molecule has 0 radical (unpaired) electrons. The zero-order valence-corrected chi connectivity index (χ0v) is 16.1. The van der Waals surface area contributed by atoms with Crippen molar-refractivity contribution in [2.75, 3.05) is 0 Å². The molecule has 1 saturated carbocycles. The van der Waals surface area contributed by atoms with E-state index >= 15 is 0 Å². The summed E-state index contributed by atoms with van der Waals surface area (Å²) in [6, 6.07) is 7.02. The van der Waals surface area contributed by atoms with Crippen molar-refractivity contribution in [1.82, 2.24) is 16.3 Å². The third-order valence-electron chi connectivity index (χ3n) is 4.70. The number of pyridine rings is 1. The third-order valence-corrected chi connectivity index (χ3v) is 4.70. The lowest BCUT2D eigenvalue weighted by Crippen LogP contribution is -2.39. The number of aromatic nitrogens is 2. The third kappa shape index (κ3) is 5.30. The first-order valence-electron chi connectivity index (χ1n) is 9.04. The molecule has 11 heteroatoms. The van der Waals surface area contributed by atoms with Gasteiger partial charge in [-0.3, -0.25) is 0 Å². The molecule has 0 aliphatic heterocycles. The van der Waals surface area contributed by atoms with E-state index in [1.54, 1.807) is 12.1 Å². The van der Waals surface area contributed by atoms with Gasteiger partial charge in [-0.2, -0.15) is 13.2 Å². The van der Waals surface area contributed by atoms with Gasteiger partial charge in [0.05, 0.1) is 18.3 Å². The summed E-state index contributed by atoms with van der Waals surface area (Å²) < 4.78 is 68.5. The average Bonchev–Trinajstić information content (AvgIpc) is 3.09. The summed E-state index contributed by atoms with van der Waals surface area (Å²) in [7, 11) is 0. The molecule has 1 aliphatic rings. The Kier molecular flexibility index (Phi) is 6.46. The molecule has 2 aromatic heterocycles. The van der Waals surface area contributed by atoms with Gasteiger partial charge in [-0.25, -0.2) is 9.37 Å². The van der Waals surface area contributed by atoms with Gasteiger partial charge in [0.2, 0.25) is 5.88 Å². The van der Waals surface area contributed by atoms with Crippen LogP contribution < -0.4 is 10.9 Å². The number of rotatable bonds is 6. The zero-order valence-electron chi connectivity index (χ0n) is 16.1. The summed E-state index contributed by atoms with van der Waals surface area (Å²) in [4.78, 5) is 4.15. The van der Waals surface area contributed by atoms with Crippen LogP contribution in [0.2, 0.25) is 0 Å². The van der Waals surface area contributed by atoms with Crippen LogP contribution in [0.25, 0.3) is 11.3 Å². The molecule has 166 valence electrons. The minimum atomic E-state index is -4.57. The van der Waals surface area contributed by atoms with Crippen LogP contribution in [-0.2, 0) is 17.5 Å². The van der Waals surface area contributed by atoms with Gasteiger partial charge in [0.1, 0.15) is 11.9 Å². The predicted octanol–water partition coefficient (Wildman–Crippen LogP) is 4.89. The number of hydrogen-bond donors (Lipinski definition) is 2. The number of hydrogen-bond acceptors (Lipinski definition) is 7. The number of aromatic hydroxyl groups is 1. The highest BCUT2D eigenvalue weighted by atomic mass is 19.4. The van der Waals surface area contributed by atoms with Crippen molar-refractivity contribution in [3.8, 4) is 23.1 Å². The quantitative estimate of drug-likeness (QED) is 0.524. The first-order valence-corrected chi connectivity index (χ1v) is 9.04. The Balaban J connectivity index is 0.00000272. The molecule has 0 atom stereocenters. The van der Waals surface area contributed by atoms with E-state index < -0.39 is 17.6 Å². The number of halogens is 4. The number of alkyl halides is 3. The fourth-order valence-corrected chi connectivity index (χ4v) is 3.08. The van der Waals surface area contributed by atoms with E-state index in [0.29, 0.717) is 30.0 Å². The van der Waals surface area contributed by atoms with Crippen LogP contribution in [0.5, 0.6) is 11.8 Å². The Labute approximate surface area is 174 Å². The van der Waals surface area contributed by atoms with E-state index in [4.69, 9.17) is 14.0 Å². The highest BCUT2D eigenvalue weighted by Gasteiger charge is 2.35. The molecular formula is C20H19F4N3O4. The molecule has 4 rings (SSSR count). The molecule has 1 aromatic carbocycles. The maximum atomic E-state index is 13.3. The summed E-state index contributed by atoms with van der Waals surface area (Å²) in [5.74, 6) is -0.243. The van der Waals surface area contributed by atoms with Crippen LogP contribution in [0.1, 0.15) is 24.0 Å². The molecule has 1 aliphatic carbocycles. The van der Waals surface area contributed by atoms with Gasteiger partial charge in [0.25, 0.3) is 5.88 Å². The summed E-state index contributed by atoms with van der Waals surface area (Å²) in [6.07, 6.45) is -2.57. The number of benzene rings is 1. The minimum absolute atomic E-state index is 0. The standard InChI is InChI=1S/C20H16F4N2O4.H3N/c21-13-2-3-16(20(22,23)24)12(5-13)10-28-14-6-15(7-14)29-19-4-1-11(9-25-19)17-8-18(27)26-30-17;/h1-5,8-9,14-15H,6-7,10H2,(H,26,27);1H3/t14-,15+;. The smallest absolute Gasteiger partial charge is 0.416 e. The van der Waals surface area contributed by atoms with Crippen molar-refractivity contribution in [3.05, 3.63) is 59.5 Å². The fraction of sp³-hybridized carbons (Fsp3) is 0.300. The number of nitrogens with zero attached hydrogens (tertiary/aromatic N) is 2. The van der Waals surface area contributed by atoms with Gasteiger partial charge in [-0.05, 0) is 35.0 Å². The Hall–Kier alpha value is -3.18. The summed E-state index contributed by atoms with van der Waals surface area (Å²) in [5.41, 5.74) is -0.525. The fourth-order valence-electron chi connectivity index (χ4n) is 3.08. The highest BCUT2D eigenvalue weighted by molar-refractivity contribution is 5.57. The first-order chi connectivity index (χ1) is 14.3. The number of ether oxygens (including phenoxy) is 2. The van der Waals surface area contributed by atoms with E-state index in [9.17, 15) is 22.7 Å². The van der Waals surface area contributed by atoms with Crippen molar-refractivity contribution in [3.63, 3.8) is 0 Å². The van der Waals surface area contributed by atoms with Crippen LogP contribution in [0.15, 0.2) is 47.1 Å². The van der Waals surface area contributed by atoms with E-state index in [-0.39, 0.29) is 36.4 Å². The summed E-state index contributed by atoms with van der Waals surface area (Å²) in [5, 5.41) is 12.6. The summed E-state index contributed by atoms with van der Waals surface area (Å²) >= 11 is 0. The van der Waals surface area contributed by atoms with Crippen LogP contribution in [0, 0.1) is 5.82 Å². The maximum absolute atomic E-state index is 13.3. The Morgan fingerprint density at radius 3 is 2.48 bits per heavy atom. The molecule has 0 unspecified atom stereocenters. The van der Waals surface area contributed by atoms with Gasteiger partial charge < -0.3 is 25.3 Å². The molecule has 4 N–H and O–H groups in total. The molecule has 0 amide bonds. The van der Waals surface area contributed by atoms with Gasteiger partial charge in [-0.15, -0.1) is 0 Å².